The average Bonchev–Trinajstić information content (AvgIpc) is 2.72. The Morgan fingerprint density at radius 2 is 1.81 bits per heavy atom. The summed E-state index contributed by atoms with van der Waals surface area (Å²) in [5.74, 6) is -0.634. The van der Waals surface area contributed by atoms with E-state index in [0.717, 1.165) is 5.56 Å². The lowest BCUT2D eigenvalue weighted by molar-refractivity contribution is -0.127. The molecule has 140 valence electrons. The van der Waals surface area contributed by atoms with Crippen LogP contribution in [-0.2, 0) is 4.79 Å². The van der Waals surface area contributed by atoms with Gasteiger partial charge in [0.25, 0.3) is 5.91 Å². The molecule has 1 amide bonds. The number of Topliss-reactive ketones (excluding diaryl/α,β-unsaturated/α-hetero) is 2. The monoisotopic (exact) mass is 365 g/mol. The smallest absolute Gasteiger partial charge is 0.294 e. The first-order chi connectivity index (χ1) is 13.0. The largest absolute Gasteiger partial charge is 0.497 e. The van der Waals surface area contributed by atoms with Gasteiger partial charge in [0.05, 0.1) is 7.11 Å². The zero-order valence-corrected chi connectivity index (χ0v) is 15.6. The van der Waals surface area contributed by atoms with Crippen LogP contribution in [0.25, 0.3) is 0 Å². The van der Waals surface area contributed by atoms with E-state index in [1.165, 1.54) is 4.90 Å². The van der Waals surface area contributed by atoms with E-state index in [1.807, 2.05) is 13.0 Å². The molecule has 2 aromatic rings. The van der Waals surface area contributed by atoms with Crippen molar-refractivity contribution in [2.45, 2.75) is 19.8 Å². The molecule has 1 aliphatic rings. The standard InChI is InChI=1S/C22H23NO4/c1-15-13-18(27-2)10-11-19(15)20(24)17-9-6-12-23(14-17)22(26)21(25)16-7-4-3-5-8-16/h3-5,7-8,10-11,13,17H,6,9,12,14H2,1-2H3/t17-/m0/s1. The van der Waals surface area contributed by atoms with Crippen LogP contribution in [0.5, 0.6) is 5.75 Å². The summed E-state index contributed by atoms with van der Waals surface area (Å²) >= 11 is 0. The number of hydrogen-bond acceptors (Lipinski definition) is 4. The van der Waals surface area contributed by atoms with E-state index in [0.29, 0.717) is 36.3 Å². The second-order valence-electron chi connectivity index (χ2n) is 6.83. The third kappa shape index (κ3) is 4.08. The van der Waals surface area contributed by atoms with E-state index in [9.17, 15) is 14.4 Å². The summed E-state index contributed by atoms with van der Waals surface area (Å²) in [5, 5.41) is 0. The molecule has 0 saturated carbocycles. The summed E-state index contributed by atoms with van der Waals surface area (Å²) in [5.41, 5.74) is 1.87. The van der Waals surface area contributed by atoms with Gasteiger partial charge in [-0.15, -0.1) is 0 Å². The molecule has 0 spiro atoms. The maximum atomic E-state index is 13.0. The number of likely N-dealkylation sites (tertiary alicyclic amines) is 1. The van der Waals surface area contributed by atoms with Gasteiger partial charge in [-0.05, 0) is 43.5 Å². The normalized spacial score (nSPS) is 16.7. The fraction of sp³-hybridized carbons (Fsp3) is 0.318. The van der Waals surface area contributed by atoms with Crippen LogP contribution in [0.15, 0.2) is 48.5 Å². The van der Waals surface area contributed by atoms with Crippen molar-refractivity contribution in [3.8, 4) is 5.75 Å². The number of ether oxygens (including phenoxy) is 1. The molecule has 0 N–H and O–H groups in total. The highest BCUT2D eigenvalue weighted by Gasteiger charge is 2.32. The zero-order chi connectivity index (χ0) is 19.4. The minimum atomic E-state index is -0.537. The predicted molar refractivity (Wildman–Crippen MR) is 102 cm³/mol. The number of ketones is 2. The molecule has 27 heavy (non-hydrogen) atoms. The van der Waals surface area contributed by atoms with Gasteiger partial charge in [0.2, 0.25) is 5.78 Å². The summed E-state index contributed by atoms with van der Waals surface area (Å²) < 4.78 is 5.19. The number of nitrogens with zero attached hydrogens (tertiary/aromatic N) is 1. The summed E-state index contributed by atoms with van der Waals surface area (Å²) in [6, 6.07) is 13.9. The Balaban J connectivity index is 1.73. The number of hydrogen-bond donors (Lipinski definition) is 0. The third-order valence-electron chi connectivity index (χ3n) is 5.01. The lowest BCUT2D eigenvalue weighted by atomic mass is 9.88. The Kier molecular flexibility index (Phi) is 5.69. The van der Waals surface area contributed by atoms with Gasteiger partial charge in [-0.3, -0.25) is 14.4 Å². The second kappa shape index (κ2) is 8.16. The number of carbonyl (C=O) groups is 3. The molecule has 0 radical (unpaired) electrons. The van der Waals surface area contributed by atoms with Gasteiger partial charge in [-0.2, -0.15) is 0 Å². The van der Waals surface area contributed by atoms with Crippen molar-refractivity contribution in [3.63, 3.8) is 0 Å². The average molecular weight is 365 g/mol. The van der Waals surface area contributed by atoms with Gasteiger partial charge in [-0.1, -0.05) is 30.3 Å². The lowest BCUT2D eigenvalue weighted by Crippen LogP contribution is -2.45. The van der Waals surface area contributed by atoms with Crippen LogP contribution in [0.1, 0.15) is 39.1 Å². The van der Waals surface area contributed by atoms with Crippen LogP contribution in [0, 0.1) is 12.8 Å². The number of methoxy groups -OCH3 is 1. The van der Waals surface area contributed by atoms with Crippen molar-refractivity contribution in [1.29, 1.82) is 0 Å². The molecule has 0 unspecified atom stereocenters. The van der Waals surface area contributed by atoms with E-state index < -0.39 is 11.7 Å². The Morgan fingerprint density at radius 1 is 1.07 bits per heavy atom. The molecule has 5 nitrogen and oxygen atoms in total. The fourth-order valence-electron chi connectivity index (χ4n) is 3.49. The number of rotatable bonds is 5. The van der Waals surface area contributed by atoms with Crippen molar-refractivity contribution in [2.24, 2.45) is 5.92 Å². The number of benzene rings is 2. The number of amides is 1. The van der Waals surface area contributed by atoms with Crippen LogP contribution in [0.2, 0.25) is 0 Å². The van der Waals surface area contributed by atoms with E-state index in [1.54, 1.807) is 49.6 Å². The van der Waals surface area contributed by atoms with Gasteiger partial charge >= 0.3 is 0 Å². The molecule has 0 aromatic heterocycles. The van der Waals surface area contributed by atoms with Crippen molar-refractivity contribution in [1.82, 2.24) is 4.90 Å². The molecular formula is C22H23NO4. The molecule has 1 atom stereocenters. The second-order valence-corrected chi connectivity index (χ2v) is 6.83. The SMILES string of the molecule is COc1ccc(C(=O)[C@H]2CCCN(C(=O)C(=O)c3ccccc3)C2)c(C)c1. The van der Waals surface area contributed by atoms with Gasteiger partial charge in [0, 0.05) is 30.1 Å². The summed E-state index contributed by atoms with van der Waals surface area (Å²) in [7, 11) is 1.59. The molecule has 1 heterocycles. The van der Waals surface area contributed by atoms with E-state index in [4.69, 9.17) is 4.74 Å². The minimum Gasteiger partial charge on any atom is -0.497 e. The molecule has 5 heteroatoms. The number of aryl methyl sites for hydroxylation is 1. The van der Waals surface area contributed by atoms with Crippen molar-refractivity contribution in [3.05, 3.63) is 65.2 Å². The van der Waals surface area contributed by atoms with E-state index in [-0.39, 0.29) is 18.2 Å². The van der Waals surface area contributed by atoms with Crippen molar-refractivity contribution >= 4 is 17.5 Å². The fourth-order valence-corrected chi connectivity index (χ4v) is 3.49. The first-order valence-electron chi connectivity index (χ1n) is 9.08. The van der Waals surface area contributed by atoms with Gasteiger partial charge < -0.3 is 9.64 Å². The molecule has 1 saturated heterocycles. The van der Waals surface area contributed by atoms with Gasteiger partial charge in [0.1, 0.15) is 5.75 Å². The third-order valence-corrected chi connectivity index (χ3v) is 5.01. The maximum absolute atomic E-state index is 13.0. The molecule has 0 bridgehead atoms. The van der Waals surface area contributed by atoms with Crippen LogP contribution >= 0.6 is 0 Å². The van der Waals surface area contributed by atoms with E-state index in [2.05, 4.69) is 0 Å². The Morgan fingerprint density at radius 3 is 2.48 bits per heavy atom. The summed E-state index contributed by atoms with van der Waals surface area (Å²) in [6.07, 6.45) is 1.42. The molecule has 3 rings (SSSR count). The van der Waals surface area contributed by atoms with Crippen LogP contribution in [-0.4, -0.2) is 42.6 Å². The highest BCUT2D eigenvalue weighted by atomic mass is 16.5. The highest BCUT2D eigenvalue weighted by Crippen LogP contribution is 2.25. The predicted octanol–water partition coefficient (Wildman–Crippen LogP) is 3.31. The molecule has 2 aromatic carbocycles. The van der Waals surface area contributed by atoms with Crippen LogP contribution in [0.3, 0.4) is 0 Å². The first-order valence-corrected chi connectivity index (χ1v) is 9.08. The van der Waals surface area contributed by atoms with Crippen LogP contribution in [0.4, 0.5) is 0 Å². The summed E-state index contributed by atoms with van der Waals surface area (Å²) in [6.45, 7) is 2.66. The summed E-state index contributed by atoms with van der Waals surface area (Å²) in [4.78, 5) is 39.5. The van der Waals surface area contributed by atoms with Crippen LogP contribution < -0.4 is 4.74 Å². The first kappa shape index (κ1) is 18.8. The molecule has 1 aliphatic heterocycles. The van der Waals surface area contributed by atoms with Crippen molar-refractivity contribution in [2.75, 3.05) is 20.2 Å². The van der Waals surface area contributed by atoms with Crippen molar-refractivity contribution < 1.29 is 19.1 Å². The number of carbonyl (C=O) groups excluding carboxylic acids is 3. The quantitative estimate of drug-likeness (QED) is 0.602. The maximum Gasteiger partial charge on any atom is 0.294 e. The minimum absolute atomic E-state index is 0.0137. The Labute approximate surface area is 158 Å². The highest BCUT2D eigenvalue weighted by molar-refractivity contribution is 6.42. The topological polar surface area (TPSA) is 63.7 Å². The molecule has 0 aliphatic carbocycles. The van der Waals surface area contributed by atoms with Gasteiger partial charge in [-0.25, -0.2) is 0 Å². The Hall–Kier alpha value is -2.95. The molecule has 1 fully saturated rings. The lowest BCUT2D eigenvalue weighted by Gasteiger charge is -2.31. The number of piperidine rings is 1. The Bertz CT molecular complexity index is 860. The van der Waals surface area contributed by atoms with Gasteiger partial charge in [0.15, 0.2) is 5.78 Å². The zero-order valence-electron chi connectivity index (χ0n) is 15.6. The van der Waals surface area contributed by atoms with E-state index >= 15 is 0 Å². The molecular weight excluding hydrogens is 342 g/mol.